The molecule has 1 aromatic rings. The molecule has 1 aromatic heterocycles. The van der Waals surface area contributed by atoms with Crippen molar-refractivity contribution in [1.82, 2.24) is 9.89 Å². The van der Waals surface area contributed by atoms with Crippen LogP contribution >= 0.6 is 0 Å². The van der Waals surface area contributed by atoms with E-state index in [4.69, 9.17) is 5.84 Å². The number of rotatable bonds is 0. The van der Waals surface area contributed by atoms with E-state index < -0.39 is 0 Å². The normalized spacial score (nSPS) is 8.12. The second kappa shape index (κ2) is 2.79. The quantitative estimate of drug-likeness (QED) is 0.404. The first kappa shape index (κ1) is 7.59. The molecule has 1 heterocycles. The van der Waals surface area contributed by atoms with Crippen LogP contribution in [0.1, 0.15) is 5.69 Å². The number of nitrogen functional groups attached to an aromatic ring is 1. The molecule has 0 saturated carbocycles. The second-order valence-corrected chi connectivity index (χ2v) is 1.34. The molecule has 8 heavy (non-hydrogen) atoms. The van der Waals surface area contributed by atoms with E-state index in [9.17, 15) is 0 Å². The molecule has 0 saturated heterocycles. The van der Waals surface area contributed by atoms with Gasteiger partial charge in [0.05, 0.1) is 0 Å². The van der Waals surface area contributed by atoms with Gasteiger partial charge in [-0.1, -0.05) is 6.92 Å². The predicted octanol–water partition coefficient (Wildman–Crippen LogP) is -0.297. The van der Waals surface area contributed by atoms with Crippen molar-refractivity contribution in [3.63, 3.8) is 0 Å². The van der Waals surface area contributed by atoms with E-state index in [0.29, 0.717) is 0 Å². The maximum absolute atomic E-state index is 5.15. The fourth-order valence-corrected chi connectivity index (χ4v) is 0.390. The van der Waals surface area contributed by atoms with Crippen molar-refractivity contribution < 1.29 is 18.6 Å². The Kier molecular flexibility index (Phi) is 2.65. The van der Waals surface area contributed by atoms with Crippen molar-refractivity contribution in [3.8, 4) is 0 Å². The Morgan fingerprint density at radius 1 is 1.88 bits per heavy atom. The van der Waals surface area contributed by atoms with Crippen molar-refractivity contribution in [1.29, 1.82) is 0 Å². The van der Waals surface area contributed by atoms with Gasteiger partial charge in [-0.15, -0.1) is 11.9 Å². The van der Waals surface area contributed by atoms with Gasteiger partial charge in [-0.2, -0.15) is 5.10 Å². The summed E-state index contributed by atoms with van der Waals surface area (Å²) in [5.74, 6) is 5.15. The predicted molar refractivity (Wildman–Crippen MR) is 26.0 cm³/mol. The maximum atomic E-state index is 5.15. The molecule has 0 unspecified atom stereocenters. The van der Waals surface area contributed by atoms with Gasteiger partial charge in [-0.05, 0) is 0 Å². The Balaban J connectivity index is 0.000000490. The van der Waals surface area contributed by atoms with Gasteiger partial charge in [-0.25, -0.2) is 4.79 Å². The van der Waals surface area contributed by atoms with Crippen LogP contribution < -0.4 is 5.84 Å². The minimum absolute atomic E-state index is 0. The first-order valence-electron chi connectivity index (χ1n) is 1.98. The van der Waals surface area contributed by atoms with Crippen molar-refractivity contribution in [3.05, 3.63) is 18.0 Å². The first-order valence-corrected chi connectivity index (χ1v) is 1.98. The second-order valence-electron chi connectivity index (χ2n) is 1.34. The zero-order valence-electron chi connectivity index (χ0n) is 4.50. The Morgan fingerprint density at radius 3 is 2.62 bits per heavy atom. The third kappa shape index (κ3) is 1.60. The Bertz CT molecular complexity index is 144. The van der Waals surface area contributed by atoms with Crippen molar-refractivity contribution in [2.45, 2.75) is 6.92 Å². The molecule has 1 rings (SSSR count). The summed E-state index contributed by atoms with van der Waals surface area (Å²) in [6, 6.07) is 2.80. The molecule has 0 aliphatic rings. The number of hydrogen-bond acceptors (Lipinski definition) is 2. The van der Waals surface area contributed by atoms with E-state index >= 15 is 0 Å². The standard InChI is InChI=1S/C4H6N3.V/c1-4-2-3-7(5)6-4;/h3H,5H2,1H3;/q-1;+2. The summed E-state index contributed by atoms with van der Waals surface area (Å²) in [7, 11) is 0. The Labute approximate surface area is 59.7 Å². The molecule has 3 nitrogen and oxygen atoms in total. The topological polar surface area (TPSA) is 43.8 Å². The summed E-state index contributed by atoms with van der Waals surface area (Å²) in [5.41, 5.74) is 0.822. The Morgan fingerprint density at radius 2 is 2.50 bits per heavy atom. The smallest absolute Gasteiger partial charge is 0.427 e. The molecule has 0 aromatic carbocycles. The van der Waals surface area contributed by atoms with E-state index in [1.165, 1.54) is 4.79 Å². The minimum Gasteiger partial charge on any atom is -0.427 e. The number of aryl methyl sites for hydroxylation is 1. The molecule has 0 atom stereocenters. The molecule has 41 valence electrons. The van der Waals surface area contributed by atoms with E-state index in [-0.39, 0.29) is 18.6 Å². The van der Waals surface area contributed by atoms with Crippen LogP contribution in [-0.2, 0) is 18.6 Å². The zero-order chi connectivity index (χ0) is 5.28. The van der Waals surface area contributed by atoms with Gasteiger partial charge in [0, 0.05) is 0 Å². The molecular formula is C4H6N3V+. The Hall–Kier alpha value is -0.406. The number of nitrogens with zero attached hydrogens (tertiary/aromatic N) is 2. The van der Waals surface area contributed by atoms with Gasteiger partial charge in [0.25, 0.3) is 0 Å². The van der Waals surface area contributed by atoms with Gasteiger partial charge in [0.15, 0.2) is 0 Å². The molecule has 0 aliphatic heterocycles. The fourth-order valence-electron chi connectivity index (χ4n) is 0.390. The molecule has 0 aliphatic carbocycles. The van der Waals surface area contributed by atoms with Gasteiger partial charge >= 0.3 is 18.6 Å². The monoisotopic (exact) mass is 147 g/mol. The van der Waals surface area contributed by atoms with E-state index in [0.717, 1.165) is 5.69 Å². The van der Waals surface area contributed by atoms with Gasteiger partial charge in [0.2, 0.25) is 0 Å². The summed E-state index contributed by atoms with van der Waals surface area (Å²) in [6.07, 6.45) is 1.58. The minimum atomic E-state index is 0. The first-order chi connectivity index (χ1) is 3.29. The molecule has 0 fully saturated rings. The SMILES string of the molecule is Cc1[c-]cn(N)n1.[V+2]. The van der Waals surface area contributed by atoms with Crippen LogP contribution in [0.5, 0.6) is 0 Å². The van der Waals surface area contributed by atoms with E-state index in [1.54, 1.807) is 6.20 Å². The van der Waals surface area contributed by atoms with E-state index in [1.807, 2.05) is 6.92 Å². The largest absolute Gasteiger partial charge is 2.00 e. The van der Waals surface area contributed by atoms with Crippen molar-refractivity contribution in [2.24, 2.45) is 0 Å². The molecular weight excluding hydrogens is 141 g/mol. The van der Waals surface area contributed by atoms with Crippen molar-refractivity contribution >= 4 is 0 Å². The van der Waals surface area contributed by atoms with Gasteiger partial charge < -0.3 is 11.9 Å². The number of nitrogens with two attached hydrogens (primary N) is 1. The summed E-state index contributed by atoms with van der Waals surface area (Å²) in [4.78, 5) is 1.23. The van der Waals surface area contributed by atoms with Crippen LogP contribution in [0.25, 0.3) is 0 Å². The molecule has 2 N–H and O–H groups in total. The fraction of sp³-hybridized carbons (Fsp3) is 0.250. The maximum Gasteiger partial charge on any atom is 2.00 e. The number of hydrogen-bond donors (Lipinski definition) is 1. The van der Waals surface area contributed by atoms with Crippen LogP contribution in [-0.4, -0.2) is 9.89 Å². The van der Waals surface area contributed by atoms with Crippen LogP contribution in [0, 0.1) is 13.0 Å². The number of aromatic nitrogens is 2. The molecule has 0 amide bonds. The molecule has 4 heteroatoms. The average Bonchev–Trinajstić information content (AvgIpc) is 1.87. The summed E-state index contributed by atoms with van der Waals surface area (Å²) >= 11 is 0. The van der Waals surface area contributed by atoms with Crippen LogP contribution in [0.4, 0.5) is 0 Å². The summed E-state index contributed by atoms with van der Waals surface area (Å²) in [6.45, 7) is 1.84. The van der Waals surface area contributed by atoms with Crippen LogP contribution in [0.3, 0.4) is 0 Å². The van der Waals surface area contributed by atoms with Gasteiger partial charge in [0.1, 0.15) is 0 Å². The molecule has 1 radical (unpaired) electrons. The van der Waals surface area contributed by atoms with Gasteiger partial charge in [-0.3, -0.25) is 0 Å². The summed E-state index contributed by atoms with van der Waals surface area (Å²) < 4.78 is 0. The third-order valence-corrected chi connectivity index (χ3v) is 0.671. The van der Waals surface area contributed by atoms with Crippen molar-refractivity contribution in [2.75, 3.05) is 5.84 Å². The van der Waals surface area contributed by atoms with Crippen LogP contribution in [0.15, 0.2) is 6.20 Å². The van der Waals surface area contributed by atoms with E-state index in [2.05, 4.69) is 11.2 Å². The molecule has 0 spiro atoms. The average molecular weight is 147 g/mol. The zero-order valence-corrected chi connectivity index (χ0v) is 5.89. The third-order valence-electron chi connectivity index (χ3n) is 0.671. The molecule has 0 bridgehead atoms. The summed E-state index contributed by atoms with van der Waals surface area (Å²) in [5, 5.41) is 3.75. The van der Waals surface area contributed by atoms with Crippen LogP contribution in [0.2, 0.25) is 0 Å².